The van der Waals surface area contributed by atoms with E-state index in [1.807, 2.05) is 23.0 Å². The van der Waals surface area contributed by atoms with E-state index in [0.29, 0.717) is 18.3 Å². The number of aromatic nitrogens is 5. The largest absolute Gasteiger partial charge is 0.337 e. The highest BCUT2D eigenvalue weighted by atomic mass is 32.1. The molecule has 0 aliphatic heterocycles. The fourth-order valence-electron chi connectivity index (χ4n) is 1.86. The van der Waals surface area contributed by atoms with Crippen molar-refractivity contribution in [3.05, 3.63) is 34.6 Å². The molecule has 0 saturated carbocycles. The maximum Gasteiger partial charge on any atom is 0.248 e. The van der Waals surface area contributed by atoms with Gasteiger partial charge in [0.05, 0.1) is 11.9 Å². The maximum atomic E-state index is 5.24. The smallest absolute Gasteiger partial charge is 0.248 e. The Hall–Kier alpha value is -2.06. The zero-order valence-corrected chi connectivity index (χ0v) is 12.5. The first-order valence-corrected chi connectivity index (χ1v) is 7.74. The summed E-state index contributed by atoms with van der Waals surface area (Å²) >= 11 is 1.60. The van der Waals surface area contributed by atoms with Gasteiger partial charge >= 0.3 is 0 Å². The quantitative estimate of drug-likeness (QED) is 0.672. The van der Waals surface area contributed by atoms with Gasteiger partial charge in [-0.3, -0.25) is 0 Å². The third kappa shape index (κ3) is 3.53. The minimum absolute atomic E-state index is 0.428. The van der Waals surface area contributed by atoms with Crippen LogP contribution in [0.15, 0.2) is 27.5 Å². The van der Waals surface area contributed by atoms with Crippen molar-refractivity contribution in [2.24, 2.45) is 0 Å². The second-order valence-electron chi connectivity index (χ2n) is 4.61. The zero-order chi connectivity index (χ0) is 14.5. The lowest BCUT2D eigenvalue weighted by atomic mass is 10.3. The van der Waals surface area contributed by atoms with Crippen LogP contribution in [0.1, 0.15) is 24.9 Å². The molecular formula is C13H16N6OS. The van der Waals surface area contributed by atoms with Crippen LogP contribution in [0.5, 0.6) is 0 Å². The summed E-state index contributed by atoms with van der Waals surface area (Å²) in [6.45, 7) is 4.25. The van der Waals surface area contributed by atoms with E-state index in [9.17, 15) is 0 Å². The number of thiophene rings is 1. The number of nitrogens with one attached hydrogen (secondary N) is 1. The molecule has 21 heavy (non-hydrogen) atoms. The van der Waals surface area contributed by atoms with Crippen molar-refractivity contribution in [2.75, 3.05) is 6.54 Å². The maximum absolute atomic E-state index is 5.24. The van der Waals surface area contributed by atoms with Crippen LogP contribution in [0.4, 0.5) is 0 Å². The van der Waals surface area contributed by atoms with E-state index in [1.165, 1.54) is 0 Å². The molecule has 0 radical (unpaired) electrons. The summed E-state index contributed by atoms with van der Waals surface area (Å²) in [5.41, 5.74) is 1.87. The SMILES string of the molecule is CCCNCc1cn(Cc2nc(-c3ccsc3)no2)nn1. The molecule has 0 saturated heterocycles. The minimum atomic E-state index is 0.428. The predicted molar refractivity (Wildman–Crippen MR) is 78.7 cm³/mol. The minimum Gasteiger partial charge on any atom is -0.337 e. The number of nitrogens with zero attached hydrogens (tertiary/aromatic N) is 5. The molecule has 0 aliphatic carbocycles. The topological polar surface area (TPSA) is 81.7 Å². The van der Waals surface area contributed by atoms with Crippen LogP contribution < -0.4 is 5.32 Å². The van der Waals surface area contributed by atoms with Crippen molar-refractivity contribution in [1.29, 1.82) is 0 Å². The van der Waals surface area contributed by atoms with E-state index < -0.39 is 0 Å². The second kappa shape index (κ2) is 6.59. The van der Waals surface area contributed by atoms with Gasteiger partial charge in [-0.25, -0.2) is 4.68 Å². The molecular weight excluding hydrogens is 288 g/mol. The Kier molecular flexibility index (Phi) is 4.37. The van der Waals surface area contributed by atoms with Gasteiger partial charge in [0.1, 0.15) is 6.54 Å². The average Bonchev–Trinajstić information content (AvgIpc) is 3.20. The van der Waals surface area contributed by atoms with Crippen molar-refractivity contribution in [2.45, 2.75) is 26.4 Å². The Morgan fingerprint density at radius 2 is 2.38 bits per heavy atom. The van der Waals surface area contributed by atoms with E-state index in [-0.39, 0.29) is 0 Å². The predicted octanol–water partition coefficient (Wildman–Crippen LogP) is 1.94. The van der Waals surface area contributed by atoms with Crippen molar-refractivity contribution in [3.8, 4) is 11.4 Å². The van der Waals surface area contributed by atoms with Crippen LogP contribution in [-0.2, 0) is 13.1 Å². The van der Waals surface area contributed by atoms with Crippen LogP contribution in [0.2, 0.25) is 0 Å². The molecule has 8 heteroatoms. The van der Waals surface area contributed by atoms with Gasteiger partial charge < -0.3 is 9.84 Å². The Morgan fingerprint density at radius 3 is 3.19 bits per heavy atom. The van der Waals surface area contributed by atoms with Crippen molar-refractivity contribution >= 4 is 11.3 Å². The van der Waals surface area contributed by atoms with E-state index >= 15 is 0 Å². The van der Waals surface area contributed by atoms with E-state index in [2.05, 4.69) is 32.7 Å². The first kappa shape index (κ1) is 13.9. The Labute approximate surface area is 126 Å². The summed E-state index contributed by atoms with van der Waals surface area (Å²) in [6.07, 6.45) is 2.98. The van der Waals surface area contributed by atoms with Gasteiger partial charge in [-0.15, -0.1) is 5.10 Å². The monoisotopic (exact) mass is 304 g/mol. The summed E-state index contributed by atoms with van der Waals surface area (Å²) in [5.74, 6) is 1.13. The van der Waals surface area contributed by atoms with E-state index in [0.717, 1.165) is 30.8 Å². The first-order valence-electron chi connectivity index (χ1n) is 6.80. The van der Waals surface area contributed by atoms with Gasteiger partial charge in [-0.05, 0) is 24.4 Å². The molecule has 1 N–H and O–H groups in total. The molecule has 3 aromatic rings. The molecule has 0 aliphatic rings. The molecule has 110 valence electrons. The first-order chi connectivity index (χ1) is 10.3. The van der Waals surface area contributed by atoms with Crippen molar-refractivity contribution < 1.29 is 4.52 Å². The molecule has 0 fully saturated rings. The molecule has 0 spiro atoms. The molecule has 3 rings (SSSR count). The van der Waals surface area contributed by atoms with Crippen molar-refractivity contribution in [3.63, 3.8) is 0 Å². The molecule has 3 aromatic heterocycles. The van der Waals surface area contributed by atoms with Crippen LogP contribution in [0.25, 0.3) is 11.4 Å². The highest BCUT2D eigenvalue weighted by Crippen LogP contribution is 2.18. The molecule has 0 amide bonds. The lowest BCUT2D eigenvalue weighted by Crippen LogP contribution is -2.13. The van der Waals surface area contributed by atoms with Crippen LogP contribution in [-0.4, -0.2) is 31.7 Å². The van der Waals surface area contributed by atoms with Gasteiger partial charge in [0.15, 0.2) is 0 Å². The van der Waals surface area contributed by atoms with Gasteiger partial charge in [-0.2, -0.15) is 16.3 Å². The fourth-order valence-corrected chi connectivity index (χ4v) is 2.49. The van der Waals surface area contributed by atoms with Crippen LogP contribution in [0, 0.1) is 0 Å². The summed E-state index contributed by atoms with van der Waals surface area (Å²) in [7, 11) is 0. The molecule has 7 nitrogen and oxygen atoms in total. The standard InChI is InChI=1S/C13H16N6OS/c1-2-4-14-6-11-7-19(18-16-11)8-12-15-13(17-20-12)10-3-5-21-9-10/h3,5,7,9,14H,2,4,6,8H2,1H3. The third-order valence-electron chi connectivity index (χ3n) is 2.86. The lowest BCUT2D eigenvalue weighted by molar-refractivity contribution is 0.364. The van der Waals surface area contributed by atoms with Gasteiger partial charge in [-0.1, -0.05) is 17.3 Å². The highest BCUT2D eigenvalue weighted by Gasteiger charge is 2.10. The second-order valence-corrected chi connectivity index (χ2v) is 5.39. The van der Waals surface area contributed by atoms with Crippen LogP contribution >= 0.6 is 11.3 Å². The highest BCUT2D eigenvalue weighted by molar-refractivity contribution is 7.08. The number of hydrogen-bond donors (Lipinski definition) is 1. The Morgan fingerprint density at radius 1 is 1.43 bits per heavy atom. The lowest BCUT2D eigenvalue weighted by Gasteiger charge is -1.97. The molecule has 0 unspecified atom stereocenters. The normalized spacial score (nSPS) is 11.1. The summed E-state index contributed by atoms with van der Waals surface area (Å²) in [5, 5.41) is 19.4. The van der Waals surface area contributed by atoms with Crippen LogP contribution in [0.3, 0.4) is 0 Å². The molecule has 0 bridgehead atoms. The number of rotatable bonds is 7. The average molecular weight is 304 g/mol. The van der Waals surface area contributed by atoms with E-state index in [1.54, 1.807) is 16.0 Å². The van der Waals surface area contributed by atoms with E-state index in [4.69, 9.17) is 4.52 Å². The molecule has 0 aromatic carbocycles. The summed E-state index contributed by atoms with van der Waals surface area (Å²) < 4.78 is 6.94. The third-order valence-corrected chi connectivity index (χ3v) is 3.55. The fraction of sp³-hybridized carbons (Fsp3) is 0.385. The Balaban J connectivity index is 1.61. The summed E-state index contributed by atoms with van der Waals surface area (Å²) in [4.78, 5) is 4.36. The summed E-state index contributed by atoms with van der Waals surface area (Å²) in [6, 6.07) is 1.96. The van der Waals surface area contributed by atoms with Gasteiger partial charge in [0, 0.05) is 17.5 Å². The van der Waals surface area contributed by atoms with Gasteiger partial charge in [0.25, 0.3) is 0 Å². The Bertz CT molecular complexity index is 674. The van der Waals surface area contributed by atoms with Crippen molar-refractivity contribution in [1.82, 2.24) is 30.5 Å². The zero-order valence-electron chi connectivity index (χ0n) is 11.7. The van der Waals surface area contributed by atoms with Gasteiger partial charge in [0.2, 0.25) is 11.7 Å². The number of hydrogen-bond acceptors (Lipinski definition) is 7. The molecule has 0 atom stereocenters. The molecule has 3 heterocycles.